The van der Waals surface area contributed by atoms with Crippen LogP contribution in [0.5, 0.6) is 0 Å². The molecule has 3 nitrogen and oxygen atoms in total. The summed E-state index contributed by atoms with van der Waals surface area (Å²) in [7, 11) is 0. The average Bonchev–Trinajstić information content (AvgIpc) is 2.53. The van der Waals surface area contributed by atoms with E-state index in [0.717, 1.165) is 17.1 Å². The Balaban J connectivity index is 2.46. The molecule has 0 amide bonds. The molecule has 0 saturated heterocycles. The minimum atomic E-state index is -0.262. The molecular formula is C11H18N2OS. The second-order valence-electron chi connectivity index (χ2n) is 4.95. The maximum atomic E-state index is 6.00. The van der Waals surface area contributed by atoms with Crippen LogP contribution < -0.4 is 5.73 Å². The van der Waals surface area contributed by atoms with Gasteiger partial charge in [-0.15, -0.1) is 11.3 Å². The van der Waals surface area contributed by atoms with Crippen molar-refractivity contribution < 1.29 is 4.74 Å². The molecule has 4 heteroatoms. The van der Waals surface area contributed by atoms with Crippen molar-refractivity contribution in [2.45, 2.75) is 45.3 Å². The topological polar surface area (TPSA) is 48.1 Å². The number of nitrogens with zero attached hydrogens (tertiary/aromatic N) is 1. The van der Waals surface area contributed by atoms with Crippen molar-refractivity contribution in [3.63, 3.8) is 0 Å². The van der Waals surface area contributed by atoms with Crippen molar-refractivity contribution in [1.29, 1.82) is 0 Å². The molecule has 0 aliphatic carbocycles. The highest BCUT2D eigenvalue weighted by Crippen LogP contribution is 2.48. The number of fused-ring (bicyclic) bond motifs is 1. The summed E-state index contributed by atoms with van der Waals surface area (Å²) in [5.41, 5.74) is 6.18. The SMILES string of the molecule is CC1(C)OC(C)(C)c2sc(CCN)nc21. The molecule has 0 bridgehead atoms. The fraction of sp³-hybridized carbons (Fsp3) is 0.727. The normalized spacial score (nSPS) is 21.7. The Hall–Kier alpha value is -0.450. The Morgan fingerprint density at radius 3 is 2.47 bits per heavy atom. The van der Waals surface area contributed by atoms with E-state index in [9.17, 15) is 0 Å². The van der Waals surface area contributed by atoms with Crippen molar-refractivity contribution in [2.75, 3.05) is 6.54 Å². The first-order valence-corrected chi connectivity index (χ1v) is 6.09. The van der Waals surface area contributed by atoms with Gasteiger partial charge >= 0.3 is 0 Å². The third-order valence-corrected chi connectivity index (χ3v) is 4.08. The lowest BCUT2D eigenvalue weighted by Crippen LogP contribution is -2.23. The van der Waals surface area contributed by atoms with Crippen LogP contribution in [0, 0.1) is 0 Å². The summed E-state index contributed by atoms with van der Waals surface area (Å²) in [6.45, 7) is 9.02. The van der Waals surface area contributed by atoms with E-state index in [1.165, 1.54) is 4.88 Å². The van der Waals surface area contributed by atoms with E-state index in [0.29, 0.717) is 6.54 Å². The number of ether oxygens (including phenoxy) is 1. The first-order valence-electron chi connectivity index (χ1n) is 5.28. The summed E-state index contributed by atoms with van der Waals surface area (Å²) < 4.78 is 6.00. The Morgan fingerprint density at radius 2 is 1.93 bits per heavy atom. The fourth-order valence-electron chi connectivity index (χ4n) is 2.14. The number of hydrogen-bond donors (Lipinski definition) is 1. The molecule has 0 spiro atoms. The molecular weight excluding hydrogens is 208 g/mol. The van der Waals surface area contributed by atoms with Crippen molar-refractivity contribution >= 4 is 11.3 Å². The Bertz CT molecular complexity index is 350. The summed E-state index contributed by atoms with van der Waals surface area (Å²) in [4.78, 5) is 5.90. The second kappa shape index (κ2) is 3.27. The molecule has 2 heterocycles. The first-order chi connectivity index (χ1) is 6.87. The zero-order chi connectivity index (χ0) is 11.3. The summed E-state index contributed by atoms with van der Waals surface area (Å²) in [6.07, 6.45) is 0.865. The summed E-state index contributed by atoms with van der Waals surface area (Å²) in [6, 6.07) is 0. The third-order valence-electron chi connectivity index (χ3n) is 2.66. The highest BCUT2D eigenvalue weighted by Gasteiger charge is 2.46. The molecule has 2 N–H and O–H groups in total. The lowest BCUT2D eigenvalue weighted by Gasteiger charge is -2.24. The van der Waals surface area contributed by atoms with Gasteiger partial charge in [0.2, 0.25) is 0 Å². The van der Waals surface area contributed by atoms with E-state index >= 15 is 0 Å². The van der Waals surface area contributed by atoms with Gasteiger partial charge in [-0.05, 0) is 34.2 Å². The predicted octanol–water partition coefficient (Wildman–Crippen LogP) is 2.14. The van der Waals surface area contributed by atoms with Gasteiger partial charge in [-0.3, -0.25) is 0 Å². The number of nitrogens with two attached hydrogens (primary N) is 1. The number of aromatic nitrogens is 1. The lowest BCUT2D eigenvalue weighted by molar-refractivity contribution is -0.105. The standard InChI is InChI=1S/C11H18N2OS/c1-10(2)8-9(11(3,4)14-10)15-7(13-8)5-6-12/h5-6,12H2,1-4H3. The van der Waals surface area contributed by atoms with Crippen LogP contribution in [-0.4, -0.2) is 11.5 Å². The third kappa shape index (κ3) is 1.71. The molecule has 0 aromatic carbocycles. The van der Waals surface area contributed by atoms with Crippen molar-refractivity contribution in [3.05, 3.63) is 15.6 Å². The van der Waals surface area contributed by atoms with E-state index in [-0.39, 0.29) is 11.2 Å². The van der Waals surface area contributed by atoms with Gasteiger partial charge in [0.05, 0.1) is 21.2 Å². The highest BCUT2D eigenvalue weighted by molar-refractivity contribution is 7.12. The molecule has 0 atom stereocenters. The van der Waals surface area contributed by atoms with E-state index in [1.54, 1.807) is 11.3 Å². The number of rotatable bonds is 2. The van der Waals surface area contributed by atoms with Gasteiger partial charge in [-0.2, -0.15) is 0 Å². The maximum Gasteiger partial charge on any atom is 0.107 e. The van der Waals surface area contributed by atoms with Crippen molar-refractivity contribution in [3.8, 4) is 0 Å². The minimum absolute atomic E-state index is 0.205. The first kappa shape index (κ1) is 11.0. The van der Waals surface area contributed by atoms with Gasteiger partial charge in [0.1, 0.15) is 5.60 Å². The molecule has 0 fully saturated rings. The zero-order valence-corrected chi connectivity index (χ0v) is 10.6. The minimum Gasteiger partial charge on any atom is -0.358 e. The molecule has 15 heavy (non-hydrogen) atoms. The number of hydrogen-bond acceptors (Lipinski definition) is 4. The molecule has 1 aliphatic rings. The van der Waals surface area contributed by atoms with Crippen LogP contribution in [0.2, 0.25) is 0 Å². The Morgan fingerprint density at radius 1 is 1.27 bits per heavy atom. The van der Waals surface area contributed by atoms with Crippen molar-refractivity contribution in [2.24, 2.45) is 5.73 Å². The molecule has 0 saturated carbocycles. The van der Waals surface area contributed by atoms with Crippen LogP contribution in [0.4, 0.5) is 0 Å². The molecule has 2 rings (SSSR count). The predicted molar refractivity (Wildman–Crippen MR) is 62.0 cm³/mol. The van der Waals surface area contributed by atoms with Crippen LogP contribution >= 0.6 is 11.3 Å². The molecule has 1 aromatic heterocycles. The van der Waals surface area contributed by atoms with E-state index < -0.39 is 0 Å². The maximum absolute atomic E-state index is 6.00. The average molecular weight is 226 g/mol. The monoisotopic (exact) mass is 226 g/mol. The molecule has 1 aromatic rings. The van der Waals surface area contributed by atoms with Crippen molar-refractivity contribution in [1.82, 2.24) is 4.98 Å². The van der Waals surface area contributed by atoms with Crippen LogP contribution in [0.1, 0.15) is 43.3 Å². The van der Waals surface area contributed by atoms with Gasteiger partial charge in [0.25, 0.3) is 0 Å². The highest BCUT2D eigenvalue weighted by atomic mass is 32.1. The smallest absolute Gasteiger partial charge is 0.107 e. The fourth-order valence-corrected chi connectivity index (χ4v) is 3.41. The van der Waals surface area contributed by atoms with Gasteiger partial charge in [0.15, 0.2) is 0 Å². The quantitative estimate of drug-likeness (QED) is 0.840. The van der Waals surface area contributed by atoms with Gasteiger partial charge in [0, 0.05) is 6.42 Å². The lowest BCUT2D eigenvalue weighted by atomic mass is 10.0. The molecule has 0 unspecified atom stereocenters. The van der Waals surface area contributed by atoms with E-state index in [2.05, 4.69) is 32.7 Å². The summed E-state index contributed by atoms with van der Waals surface area (Å²) >= 11 is 1.74. The van der Waals surface area contributed by atoms with Crippen LogP contribution in [-0.2, 0) is 22.4 Å². The van der Waals surface area contributed by atoms with Gasteiger partial charge < -0.3 is 10.5 Å². The van der Waals surface area contributed by atoms with Crippen LogP contribution in [0.15, 0.2) is 0 Å². The van der Waals surface area contributed by atoms with Gasteiger partial charge in [-0.25, -0.2) is 4.98 Å². The second-order valence-corrected chi connectivity index (χ2v) is 6.03. The largest absolute Gasteiger partial charge is 0.358 e. The van der Waals surface area contributed by atoms with Gasteiger partial charge in [-0.1, -0.05) is 0 Å². The summed E-state index contributed by atoms with van der Waals surface area (Å²) in [5, 5.41) is 1.13. The van der Waals surface area contributed by atoms with E-state index in [1.807, 2.05) is 0 Å². The summed E-state index contributed by atoms with van der Waals surface area (Å²) in [5.74, 6) is 0. The molecule has 1 aliphatic heterocycles. The molecule has 84 valence electrons. The zero-order valence-electron chi connectivity index (χ0n) is 9.76. The van der Waals surface area contributed by atoms with E-state index in [4.69, 9.17) is 10.5 Å². The Labute approximate surface area is 94.7 Å². The molecule has 0 radical (unpaired) electrons. The Kier molecular flexibility index (Phi) is 2.41. The van der Waals surface area contributed by atoms with Crippen LogP contribution in [0.25, 0.3) is 0 Å². The number of thiazole rings is 1. The van der Waals surface area contributed by atoms with Crippen LogP contribution in [0.3, 0.4) is 0 Å².